The number of carbonyl (C=O) groups is 1. The minimum atomic E-state index is -1.00. The number of likely N-dealkylation sites (N-methyl/N-ethyl adjacent to an activating group) is 1. The van der Waals surface area contributed by atoms with Crippen molar-refractivity contribution in [1.29, 1.82) is 0 Å². The molecule has 0 spiro atoms. The Balaban J connectivity index is 3.71. The lowest BCUT2D eigenvalue weighted by molar-refractivity contribution is -0.122. The highest BCUT2D eigenvalue weighted by atomic mass is 16.6. The summed E-state index contributed by atoms with van der Waals surface area (Å²) in [4.78, 5) is 14.5. The second kappa shape index (κ2) is 22.1. The van der Waals surface area contributed by atoms with E-state index in [-0.39, 0.29) is 12.5 Å². The Kier molecular flexibility index (Phi) is 20.9. The first-order valence-electron chi connectivity index (χ1n) is 11.5. The summed E-state index contributed by atoms with van der Waals surface area (Å²) >= 11 is 0. The molecule has 0 saturated carbocycles. The molecule has 1 amide bonds. The summed E-state index contributed by atoms with van der Waals surface area (Å²) in [5.41, 5.74) is 7.80. The van der Waals surface area contributed by atoms with Crippen molar-refractivity contribution in [2.45, 2.75) is 39.3 Å². The highest BCUT2D eigenvalue weighted by Gasteiger charge is 2.23. The monoisotopic (exact) mass is 473 g/mol. The van der Waals surface area contributed by atoms with Crippen LogP contribution in [0.2, 0.25) is 0 Å². The molecule has 0 unspecified atom stereocenters. The number of ether oxygens (including phenoxy) is 5. The van der Waals surface area contributed by atoms with E-state index in [4.69, 9.17) is 29.2 Å². The zero-order valence-corrected chi connectivity index (χ0v) is 20.7. The molecule has 0 aromatic heterocycles. The largest absolute Gasteiger partial charge is 0.379 e. The van der Waals surface area contributed by atoms with Gasteiger partial charge in [0.25, 0.3) is 0 Å². The molecule has 0 aromatic rings. The lowest BCUT2D eigenvalue weighted by Gasteiger charge is -2.24. The van der Waals surface area contributed by atoms with Crippen LogP contribution < -0.4 is 10.6 Å². The first kappa shape index (κ1) is 31.3. The molecule has 0 bridgehead atoms. The molecule has 0 fully saturated rings. The summed E-state index contributed by atoms with van der Waals surface area (Å²) in [7, 11) is 1.87. The first-order chi connectivity index (χ1) is 15.9. The fourth-order valence-corrected chi connectivity index (χ4v) is 2.41. The minimum absolute atomic E-state index is 0.0413. The van der Waals surface area contributed by atoms with Crippen molar-refractivity contribution < 1.29 is 28.5 Å². The Morgan fingerprint density at radius 1 is 1.00 bits per heavy atom. The molecule has 0 saturated heterocycles. The standard InChI is InChI=1S/C22H43N5O6/c1-20(2)6-5-9-25-21(28)7-11-29-14-17-32-18-19-33-22(3,26-27-23)8-12-30-15-16-31-13-10-24-4/h5-6,20,24H,7-19H2,1-4H3,(H,25,28)/b6-5+/t22-/m0/s1. The number of nitrogens with zero attached hydrogens (tertiary/aromatic N) is 3. The molecule has 0 radical (unpaired) electrons. The van der Waals surface area contributed by atoms with Gasteiger partial charge in [-0.2, -0.15) is 0 Å². The summed E-state index contributed by atoms with van der Waals surface area (Å²) in [6.07, 6.45) is 4.73. The highest BCUT2D eigenvalue weighted by Crippen LogP contribution is 2.17. The number of hydrogen-bond donors (Lipinski definition) is 2. The number of carbonyl (C=O) groups excluding carboxylic acids is 1. The summed E-state index contributed by atoms with van der Waals surface area (Å²) in [6, 6.07) is 0. The predicted octanol–water partition coefficient (Wildman–Crippen LogP) is 2.42. The Hall–Kier alpha value is -1.72. The van der Waals surface area contributed by atoms with E-state index in [0.29, 0.717) is 78.2 Å². The van der Waals surface area contributed by atoms with E-state index in [1.807, 2.05) is 19.2 Å². The van der Waals surface area contributed by atoms with Gasteiger partial charge in [-0.25, -0.2) is 0 Å². The quantitative estimate of drug-likeness (QED) is 0.0764. The maximum atomic E-state index is 11.6. The van der Waals surface area contributed by atoms with Gasteiger partial charge in [-0.1, -0.05) is 31.1 Å². The minimum Gasteiger partial charge on any atom is -0.379 e. The summed E-state index contributed by atoms with van der Waals surface area (Å²) in [5, 5.41) is 9.55. The second-order valence-electron chi connectivity index (χ2n) is 7.74. The molecular weight excluding hydrogens is 430 g/mol. The van der Waals surface area contributed by atoms with Crippen LogP contribution in [0.3, 0.4) is 0 Å². The molecule has 0 aliphatic carbocycles. The van der Waals surface area contributed by atoms with Gasteiger partial charge in [0.15, 0.2) is 0 Å². The second-order valence-corrected chi connectivity index (χ2v) is 7.74. The fraction of sp³-hybridized carbons (Fsp3) is 0.864. The van der Waals surface area contributed by atoms with E-state index in [1.165, 1.54) is 0 Å². The number of rotatable bonds is 23. The van der Waals surface area contributed by atoms with Gasteiger partial charge < -0.3 is 34.3 Å². The van der Waals surface area contributed by atoms with Gasteiger partial charge in [0.2, 0.25) is 5.91 Å². The molecule has 192 valence electrons. The van der Waals surface area contributed by atoms with Crippen LogP contribution in [-0.4, -0.2) is 91.2 Å². The van der Waals surface area contributed by atoms with Crippen LogP contribution in [0.15, 0.2) is 17.3 Å². The zero-order valence-electron chi connectivity index (χ0n) is 20.7. The molecule has 33 heavy (non-hydrogen) atoms. The van der Waals surface area contributed by atoms with E-state index in [2.05, 4.69) is 34.5 Å². The van der Waals surface area contributed by atoms with Crippen molar-refractivity contribution >= 4 is 5.91 Å². The van der Waals surface area contributed by atoms with Gasteiger partial charge in [0.05, 0.1) is 52.9 Å². The van der Waals surface area contributed by atoms with Crippen molar-refractivity contribution in [3.05, 3.63) is 22.6 Å². The van der Waals surface area contributed by atoms with E-state index < -0.39 is 5.72 Å². The van der Waals surface area contributed by atoms with Crippen LogP contribution in [0.1, 0.15) is 33.6 Å². The molecule has 0 aliphatic heterocycles. The molecule has 11 heteroatoms. The SMILES string of the molecule is CNCCOCCOCC[C@@](C)(N=[N+]=[N-])OCCOCCOCCC(=O)NC/C=C/C(C)C. The Bertz CT molecular complexity index is 557. The van der Waals surface area contributed by atoms with E-state index in [0.717, 1.165) is 6.54 Å². The number of nitrogens with one attached hydrogen (secondary N) is 2. The normalized spacial score (nSPS) is 13.2. The van der Waals surface area contributed by atoms with Crippen LogP contribution in [0, 0.1) is 5.92 Å². The summed E-state index contributed by atoms with van der Waals surface area (Å²) in [6.45, 7) is 10.9. The Morgan fingerprint density at radius 2 is 1.61 bits per heavy atom. The third-order valence-corrected chi connectivity index (χ3v) is 4.26. The number of hydrogen-bond acceptors (Lipinski definition) is 8. The number of allylic oxidation sites excluding steroid dienone is 1. The lowest BCUT2D eigenvalue weighted by Crippen LogP contribution is -2.29. The summed E-state index contributed by atoms with van der Waals surface area (Å²) < 4.78 is 27.4. The van der Waals surface area contributed by atoms with Crippen LogP contribution in [0.25, 0.3) is 10.4 Å². The third-order valence-electron chi connectivity index (χ3n) is 4.26. The average molecular weight is 474 g/mol. The van der Waals surface area contributed by atoms with E-state index >= 15 is 0 Å². The molecule has 0 aliphatic rings. The van der Waals surface area contributed by atoms with E-state index in [9.17, 15) is 4.79 Å². The zero-order chi connectivity index (χ0) is 24.6. The van der Waals surface area contributed by atoms with Gasteiger partial charge >= 0.3 is 0 Å². The molecule has 0 rings (SSSR count). The van der Waals surface area contributed by atoms with Crippen LogP contribution >= 0.6 is 0 Å². The molecule has 1 atom stereocenters. The first-order valence-corrected chi connectivity index (χ1v) is 11.5. The molecule has 11 nitrogen and oxygen atoms in total. The lowest BCUT2D eigenvalue weighted by atomic mass is 10.2. The third kappa shape index (κ3) is 21.9. The maximum absolute atomic E-state index is 11.6. The van der Waals surface area contributed by atoms with Gasteiger partial charge in [0.1, 0.15) is 5.72 Å². The maximum Gasteiger partial charge on any atom is 0.222 e. The van der Waals surface area contributed by atoms with Gasteiger partial charge in [0, 0.05) is 37.4 Å². The van der Waals surface area contributed by atoms with E-state index in [1.54, 1.807) is 6.92 Å². The Labute approximate surface area is 198 Å². The van der Waals surface area contributed by atoms with Crippen LogP contribution in [0.4, 0.5) is 0 Å². The van der Waals surface area contributed by atoms with Crippen molar-refractivity contribution in [1.82, 2.24) is 10.6 Å². The fourth-order valence-electron chi connectivity index (χ4n) is 2.41. The molecule has 2 N–H and O–H groups in total. The van der Waals surface area contributed by atoms with Crippen LogP contribution in [-0.2, 0) is 28.5 Å². The van der Waals surface area contributed by atoms with Crippen LogP contribution in [0.5, 0.6) is 0 Å². The molecule has 0 heterocycles. The smallest absolute Gasteiger partial charge is 0.222 e. The van der Waals surface area contributed by atoms with Gasteiger partial charge in [-0.05, 0) is 25.4 Å². The summed E-state index contributed by atoms with van der Waals surface area (Å²) in [5.74, 6) is 0.432. The topological polar surface area (TPSA) is 136 Å². The van der Waals surface area contributed by atoms with Crippen molar-refractivity contribution in [3.8, 4) is 0 Å². The number of amides is 1. The Morgan fingerprint density at radius 3 is 2.24 bits per heavy atom. The molecule has 0 aromatic carbocycles. The van der Waals surface area contributed by atoms with Gasteiger partial charge in [-0.3, -0.25) is 4.79 Å². The van der Waals surface area contributed by atoms with Crippen molar-refractivity contribution in [2.75, 3.05) is 79.6 Å². The van der Waals surface area contributed by atoms with Crippen molar-refractivity contribution in [3.63, 3.8) is 0 Å². The van der Waals surface area contributed by atoms with Gasteiger partial charge in [-0.15, -0.1) is 0 Å². The number of azide groups is 1. The highest BCUT2D eigenvalue weighted by molar-refractivity contribution is 5.76. The predicted molar refractivity (Wildman–Crippen MR) is 127 cm³/mol. The average Bonchev–Trinajstić information content (AvgIpc) is 2.77. The van der Waals surface area contributed by atoms with Crippen molar-refractivity contribution in [2.24, 2.45) is 11.0 Å². The molecular formula is C22H43N5O6.